The summed E-state index contributed by atoms with van der Waals surface area (Å²) in [5.74, 6) is -0.319. The van der Waals surface area contributed by atoms with Crippen LogP contribution >= 0.6 is 0 Å². The van der Waals surface area contributed by atoms with Gasteiger partial charge >= 0.3 is 5.69 Å². The number of pyridine rings is 1. The molecule has 0 aliphatic carbocycles. The van der Waals surface area contributed by atoms with Gasteiger partial charge in [0.05, 0.1) is 18.1 Å². The van der Waals surface area contributed by atoms with E-state index in [0.717, 1.165) is 4.68 Å². The summed E-state index contributed by atoms with van der Waals surface area (Å²) in [5.41, 5.74) is -0.381. The summed E-state index contributed by atoms with van der Waals surface area (Å²) in [6.07, 6.45) is 1.54. The molecule has 0 spiro atoms. The minimum atomic E-state index is -0.630. The third-order valence-electron chi connectivity index (χ3n) is 3.46. The Labute approximate surface area is 140 Å². The van der Waals surface area contributed by atoms with E-state index in [2.05, 4.69) is 10.4 Å². The number of carbonyl (C=O) groups excluding carboxylic acids is 1. The van der Waals surface area contributed by atoms with Crippen LogP contribution in [0.15, 0.2) is 47.4 Å². The highest BCUT2D eigenvalue weighted by Gasteiger charge is 2.18. The number of hydrogen-bond donors (Lipinski definition) is 1. The van der Waals surface area contributed by atoms with E-state index in [-0.39, 0.29) is 17.9 Å². The van der Waals surface area contributed by atoms with Crippen molar-refractivity contribution in [1.29, 1.82) is 0 Å². The van der Waals surface area contributed by atoms with Crippen molar-refractivity contribution < 1.29 is 14.5 Å². The summed E-state index contributed by atoms with van der Waals surface area (Å²) in [7, 11) is 1.38. The highest BCUT2D eigenvalue weighted by molar-refractivity contribution is 5.93. The van der Waals surface area contributed by atoms with Crippen molar-refractivity contribution in [2.75, 3.05) is 12.4 Å². The molecule has 0 unspecified atom stereocenters. The molecular formula is C15H13N5O5. The van der Waals surface area contributed by atoms with Gasteiger partial charge in [0, 0.05) is 6.20 Å². The Hall–Kier alpha value is -3.69. The van der Waals surface area contributed by atoms with Gasteiger partial charge in [0.15, 0.2) is 5.65 Å². The normalized spacial score (nSPS) is 10.6. The fourth-order valence-electron chi connectivity index (χ4n) is 2.29. The molecule has 2 heterocycles. The van der Waals surface area contributed by atoms with Crippen LogP contribution in [-0.2, 0) is 11.3 Å². The number of ether oxygens (including phenoxy) is 1. The number of nitrogens with one attached hydrogen (secondary N) is 1. The van der Waals surface area contributed by atoms with E-state index in [1.165, 1.54) is 35.9 Å². The van der Waals surface area contributed by atoms with E-state index in [0.29, 0.717) is 11.4 Å². The second-order valence-electron chi connectivity index (χ2n) is 5.06. The van der Waals surface area contributed by atoms with Gasteiger partial charge in [-0.2, -0.15) is 0 Å². The van der Waals surface area contributed by atoms with Crippen LogP contribution < -0.4 is 15.7 Å². The van der Waals surface area contributed by atoms with Gasteiger partial charge in [-0.15, -0.1) is 5.10 Å². The van der Waals surface area contributed by atoms with E-state index in [4.69, 9.17) is 4.74 Å². The van der Waals surface area contributed by atoms with Crippen molar-refractivity contribution >= 4 is 22.9 Å². The smallest absolute Gasteiger partial charge is 0.350 e. The first-order valence-corrected chi connectivity index (χ1v) is 7.16. The van der Waals surface area contributed by atoms with Crippen molar-refractivity contribution in [2.24, 2.45) is 0 Å². The fraction of sp³-hybridized carbons (Fsp3) is 0.133. The van der Waals surface area contributed by atoms with Crippen LogP contribution in [0.3, 0.4) is 0 Å². The molecular weight excluding hydrogens is 330 g/mol. The molecule has 3 aromatic rings. The predicted octanol–water partition coefficient (Wildman–Crippen LogP) is 1.05. The second-order valence-corrected chi connectivity index (χ2v) is 5.06. The molecule has 0 radical (unpaired) electrons. The summed E-state index contributed by atoms with van der Waals surface area (Å²) in [6, 6.07) is 9.06. The van der Waals surface area contributed by atoms with Crippen LogP contribution in [0.5, 0.6) is 5.75 Å². The summed E-state index contributed by atoms with van der Waals surface area (Å²) in [4.78, 5) is 34.8. The lowest BCUT2D eigenvalue weighted by Crippen LogP contribution is -2.28. The van der Waals surface area contributed by atoms with Gasteiger partial charge in [0.25, 0.3) is 5.69 Å². The van der Waals surface area contributed by atoms with Crippen LogP contribution in [0.25, 0.3) is 5.65 Å². The topological polar surface area (TPSA) is 121 Å². The van der Waals surface area contributed by atoms with E-state index >= 15 is 0 Å². The van der Waals surface area contributed by atoms with Crippen LogP contribution in [0.1, 0.15) is 0 Å². The molecule has 10 nitrogen and oxygen atoms in total. The number of benzene rings is 1. The first kappa shape index (κ1) is 16.2. The number of nitro benzene ring substituents is 1. The third kappa shape index (κ3) is 3.17. The van der Waals surface area contributed by atoms with Gasteiger partial charge in [-0.25, -0.2) is 9.48 Å². The third-order valence-corrected chi connectivity index (χ3v) is 3.46. The Morgan fingerprint density at radius 3 is 2.84 bits per heavy atom. The quantitative estimate of drug-likeness (QED) is 0.546. The van der Waals surface area contributed by atoms with Crippen molar-refractivity contribution in [3.8, 4) is 5.75 Å². The molecule has 128 valence electrons. The van der Waals surface area contributed by atoms with E-state index < -0.39 is 16.5 Å². The number of hydrogen-bond acceptors (Lipinski definition) is 6. The Morgan fingerprint density at radius 1 is 1.36 bits per heavy atom. The van der Waals surface area contributed by atoms with Crippen LogP contribution in [0, 0.1) is 10.1 Å². The Morgan fingerprint density at radius 2 is 2.16 bits per heavy atom. The van der Waals surface area contributed by atoms with Gasteiger partial charge < -0.3 is 10.1 Å². The molecule has 1 N–H and O–H groups in total. The lowest BCUT2D eigenvalue weighted by Gasteiger charge is -2.07. The molecule has 25 heavy (non-hydrogen) atoms. The van der Waals surface area contributed by atoms with E-state index in [1.807, 2.05) is 0 Å². The van der Waals surface area contributed by atoms with E-state index in [9.17, 15) is 19.7 Å². The number of carbonyl (C=O) groups is 1. The fourth-order valence-corrected chi connectivity index (χ4v) is 2.29. The summed E-state index contributed by atoms with van der Waals surface area (Å²) in [6.45, 7) is -0.371. The first-order valence-electron chi connectivity index (χ1n) is 7.16. The first-order chi connectivity index (χ1) is 12.0. The standard InChI is InChI=1S/C15H13N5O5/c1-25-10-5-6-11(12(8-10)20(23)24)16-14(21)9-19-15(22)18-7-3-2-4-13(18)17-19/h2-8H,9H2,1H3,(H,16,21). The van der Waals surface area contributed by atoms with Crippen molar-refractivity contribution in [1.82, 2.24) is 14.2 Å². The molecule has 0 aliphatic heterocycles. The molecule has 0 bridgehead atoms. The van der Waals surface area contributed by atoms with Crippen LogP contribution in [0.2, 0.25) is 0 Å². The zero-order chi connectivity index (χ0) is 18.0. The zero-order valence-corrected chi connectivity index (χ0v) is 13.1. The van der Waals surface area contributed by atoms with Crippen LogP contribution in [-0.4, -0.2) is 32.1 Å². The second kappa shape index (κ2) is 6.43. The van der Waals surface area contributed by atoms with Gasteiger partial charge in [-0.1, -0.05) is 6.07 Å². The number of fused-ring (bicyclic) bond motifs is 1. The molecule has 2 aromatic heterocycles. The lowest BCUT2D eigenvalue weighted by atomic mass is 10.2. The number of methoxy groups -OCH3 is 1. The number of nitro groups is 1. The number of aromatic nitrogens is 3. The van der Waals surface area contributed by atoms with Crippen LogP contribution in [0.4, 0.5) is 11.4 Å². The van der Waals surface area contributed by atoms with Gasteiger partial charge in [0.2, 0.25) is 5.91 Å². The molecule has 0 atom stereocenters. The predicted molar refractivity (Wildman–Crippen MR) is 87.7 cm³/mol. The lowest BCUT2D eigenvalue weighted by molar-refractivity contribution is -0.384. The molecule has 1 aromatic carbocycles. The van der Waals surface area contributed by atoms with Crippen molar-refractivity contribution in [2.45, 2.75) is 6.54 Å². The molecule has 3 rings (SSSR count). The molecule has 10 heteroatoms. The maximum atomic E-state index is 12.2. The monoisotopic (exact) mass is 343 g/mol. The molecule has 1 amide bonds. The Balaban J connectivity index is 1.84. The maximum absolute atomic E-state index is 12.2. The summed E-state index contributed by atoms with van der Waals surface area (Å²) >= 11 is 0. The summed E-state index contributed by atoms with van der Waals surface area (Å²) in [5, 5.41) is 17.6. The van der Waals surface area contributed by atoms with Gasteiger partial charge in [-0.3, -0.25) is 19.3 Å². The highest BCUT2D eigenvalue weighted by atomic mass is 16.6. The van der Waals surface area contributed by atoms with Crippen molar-refractivity contribution in [3.05, 3.63) is 63.2 Å². The Bertz CT molecular complexity index is 1020. The maximum Gasteiger partial charge on any atom is 0.350 e. The number of anilines is 1. The molecule has 0 aliphatic rings. The van der Waals surface area contributed by atoms with Gasteiger partial charge in [0.1, 0.15) is 18.0 Å². The minimum Gasteiger partial charge on any atom is -0.496 e. The largest absolute Gasteiger partial charge is 0.496 e. The highest BCUT2D eigenvalue weighted by Crippen LogP contribution is 2.28. The van der Waals surface area contributed by atoms with Crippen molar-refractivity contribution in [3.63, 3.8) is 0 Å². The minimum absolute atomic E-state index is 0.00705. The average Bonchev–Trinajstić information content (AvgIpc) is 2.91. The molecule has 0 fully saturated rings. The Kier molecular flexibility index (Phi) is 4.16. The zero-order valence-electron chi connectivity index (χ0n) is 13.1. The molecule has 0 saturated heterocycles. The SMILES string of the molecule is COc1ccc(NC(=O)Cn2nc3ccccn3c2=O)c([N+](=O)[O-])c1. The van der Waals surface area contributed by atoms with Gasteiger partial charge in [-0.05, 0) is 24.3 Å². The number of rotatable bonds is 5. The average molecular weight is 343 g/mol. The number of nitrogens with zero attached hydrogens (tertiary/aromatic N) is 4. The summed E-state index contributed by atoms with van der Waals surface area (Å²) < 4.78 is 7.22. The number of amides is 1. The van der Waals surface area contributed by atoms with E-state index in [1.54, 1.807) is 18.2 Å². The molecule has 0 saturated carbocycles.